The molecule has 2 aromatic rings. The van der Waals surface area contributed by atoms with E-state index in [1.165, 1.54) is 12.1 Å². The Balaban J connectivity index is 1.72. The lowest BCUT2D eigenvalue weighted by molar-refractivity contribution is -0.111. The van der Waals surface area contributed by atoms with Gasteiger partial charge >= 0.3 is 6.03 Å². The SMILES string of the molecule is Cc1c([C@@H](NC(=O)N[C@H]2CC[C@H](C=O)CC2)C(C)C)oc2ccc(F)cc12. The molecule has 0 spiro atoms. The van der Waals surface area contributed by atoms with Gasteiger partial charge in [0, 0.05) is 22.9 Å². The number of aryl methyl sites for hydroxylation is 1. The molecule has 0 bridgehead atoms. The zero-order chi connectivity index (χ0) is 19.6. The number of aldehydes is 1. The van der Waals surface area contributed by atoms with E-state index in [0.29, 0.717) is 11.3 Å². The topological polar surface area (TPSA) is 71.3 Å². The third-order valence-corrected chi connectivity index (χ3v) is 5.47. The van der Waals surface area contributed by atoms with E-state index in [-0.39, 0.29) is 35.8 Å². The summed E-state index contributed by atoms with van der Waals surface area (Å²) >= 11 is 0. The Kier molecular flexibility index (Phi) is 5.82. The van der Waals surface area contributed by atoms with Crippen molar-refractivity contribution in [2.45, 2.75) is 58.5 Å². The highest BCUT2D eigenvalue weighted by Gasteiger charge is 2.27. The van der Waals surface area contributed by atoms with Crippen LogP contribution in [0, 0.1) is 24.6 Å². The van der Waals surface area contributed by atoms with E-state index in [1.807, 2.05) is 20.8 Å². The average Bonchev–Trinajstić information content (AvgIpc) is 2.96. The summed E-state index contributed by atoms with van der Waals surface area (Å²) in [5.41, 5.74) is 1.46. The van der Waals surface area contributed by atoms with Gasteiger partial charge in [0.25, 0.3) is 0 Å². The van der Waals surface area contributed by atoms with Gasteiger partial charge in [0.15, 0.2) is 0 Å². The zero-order valence-electron chi connectivity index (χ0n) is 16.0. The summed E-state index contributed by atoms with van der Waals surface area (Å²) in [6.07, 6.45) is 4.27. The molecule has 1 aliphatic rings. The van der Waals surface area contributed by atoms with E-state index >= 15 is 0 Å². The van der Waals surface area contributed by atoms with Crippen molar-refractivity contribution in [1.82, 2.24) is 10.6 Å². The summed E-state index contributed by atoms with van der Waals surface area (Å²) in [6.45, 7) is 5.90. The molecule has 0 aliphatic heterocycles. The lowest BCUT2D eigenvalue weighted by Gasteiger charge is -2.28. The quantitative estimate of drug-likeness (QED) is 0.749. The van der Waals surface area contributed by atoms with Gasteiger partial charge in [-0.25, -0.2) is 9.18 Å². The Hall–Kier alpha value is -2.37. The van der Waals surface area contributed by atoms with Gasteiger partial charge in [-0.05, 0) is 56.7 Å². The van der Waals surface area contributed by atoms with Crippen molar-refractivity contribution in [2.75, 3.05) is 0 Å². The number of hydrogen-bond acceptors (Lipinski definition) is 3. The predicted molar refractivity (Wildman–Crippen MR) is 102 cm³/mol. The van der Waals surface area contributed by atoms with Crippen molar-refractivity contribution in [3.63, 3.8) is 0 Å². The number of nitrogens with one attached hydrogen (secondary N) is 2. The van der Waals surface area contributed by atoms with Crippen LogP contribution in [-0.4, -0.2) is 18.4 Å². The highest BCUT2D eigenvalue weighted by Crippen LogP contribution is 2.33. The highest BCUT2D eigenvalue weighted by molar-refractivity contribution is 5.82. The van der Waals surface area contributed by atoms with Gasteiger partial charge in [-0.15, -0.1) is 0 Å². The van der Waals surface area contributed by atoms with E-state index < -0.39 is 0 Å². The number of carbonyl (C=O) groups excluding carboxylic acids is 2. The molecule has 1 aromatic heterocycles. The molecule has 1 atom stereocenters. The number of amides is 2. The van der Waals surface area contributed by atoms with Crippen LogP contribution < -0.4 is 10.6 Å². The molecule has 146 valence electrons. The number of carbonyl (C=O) groups is 2. The molecule has 0 saturated heterocycles. The fraction of sp³-hybridized carbons (Fsp3) is 0.524. The molecule has 27 heavy (non-hydrogen) atoms. The summed E-state index contributed by atoms with van der Waals surface area (Å²) in [7, 11) is 0. The highest BCUT2D eigenvalue weighted by atomic mass is 19.1. The summed E-state index contributed by atoms with van der Waals surface area (Å²) in [5.74, 6) is 0.569. The molecule has 1 heterocycles. The summed E-state index contributed by atoms with van der Waals surface area (Å²) in [4.78, 5) is 23.4. The lowest BCUT2D eigenvalue weighted by atomic mass is 9.87. The third kappa shape index (κ3) is 4.31. The second kappa shape index (κ2) is 8.11. The first-order chi connectivity index (χ1) is 12.9. The first-order valence-electron chi connectivity index (χ1n) is 9.60. The normalized spacial score (nSPS) is 21.2. The van der Waals surface area contributed by atoms with Gasteiger partial charge in [-0.2, -0.15) is 0 Å². The van der Waals surface area contributed by atoms with Gasteiger partial charge in [0.1, 0.15) is 23.4 Å². The first kappa shape index (κ1) is 19.4. The molecule has 0 unspecified atom stereocenters. The maximum absolute atomic E-state index is 13.6. The molecular formula is C21H27FN2O3. The molecule has 1 aliphatic carbocycles. The second-order valence-electron chi connectivity index (χ2n) is 7.82. The first-order valence-corrected chi connectivity index (χ1v) is 9.60. The summed E-state index contributed by atoms with van der Waals surface area (Å²) in [6, 6.07) is 3.97. The smallest absolute Gasteiger partial charge is 0.315 e. The minimum absolute atomic E-state index is 0.0832. The van der Waals surface area contributed by atoms with Crippen molar-refractivity contribution in [2.24, 2.45) is 11.8 Å². The van der Waals surface area contributed by atoms with Crippen LogP contribution in [0.15, 0.2) is 22.6 Å². The third-order valence-electron chi connectivity index (χ3n) is 5.47. The Labute approximate surface area is 158 Å². The molecule has 3 rings (SSSR count). The molecule has 1 aromatic carbocycles. The Morgan fingerprint density at radius 3 is 2.59 bits per heavy atom. The largest absolute Gasteiger partial charge is 0.459 e. The summed E-state index contributed by atoms with van der Waals surface area (Å²) in [5, 5.41) is 6.75. The van der Waals surface area contributed by atoms with E-state index in [9.17, 15) is 14.0 Å². The van der Waals surface area contributed by atoms with Gasteiger partial charge in [0.2, 0.25) is 0 Å². The van der Waals surface area contributed by atoms with Crippen molar-refractivity contribution < 1.29 is 18.4 Å². The van der Waals surface area contributed by atoms with Gasteiger partial charge in [-0.1, -0.05) is 13.8 Å². The lowest BCUT2D eigenvalue weighted by Crippen LogP contribution is -2.45. The van der Waals surface area contributed by atoms with Crippen LogP contribution in [0.25, 0.3) is 11.0 Å². The van der Waals surface area contributed by atoms with Crippen LogP contribution in [-0.2, 0) is 4.79 Å². The van der Waals surface area contributed by atoms with Crippen molar-refractivity contribution in [1.29, 1.82) is 0 Å². The molecule has 5 nitrogen and oxygen atoms in total. The number of rotatable bonds is 5. The van der Waals surface area contributed by atoms with Crippen LogP contribution in [0.3, 0.4) is 0 Å². The standard InChI is InChI=1S/C21H27FN2O3/c1-12(2)19(20-13(3)17-10-15(22)6-9-18(17)27-20)24-21(26)23-16-7-4-14(11-25)5-8-16/h6,9-12,14,16,19H,4-5,7-8H2,1-3H3,(H2,23,24,26)/t14-,16-,19-/m0/s1. The molecule has 2 amide bonds. The Morgan fingerprint density at radius 2 is 1.96 bits per heavy atom. The van der Waals surface area contributed by atoms with Gasteiger partial charge < -0.3 is 19.8 Å². The number of halogens is 1. The second-order valence-corrected chi connectivity index (χ2v) is 7.82. The maximum atomic E-state index is 13.6. The number of hydrogen-bond donors (Lipinski definition) is 2. The van der Waals surface area contributed by atoms with Crippen LogP contribution in [0.2, 0.25) is 0 Å². The van der Waals surface area contributed by atoms with Gasteiger partial charge in [-0.3, -0.25) is 0 Å². The minimum Gasteiger partial charge on any atom is -0.459 e. The average molecular weight is 374 g/mol. The number of fused-ring (bicyclic) bond motifs is 1. The van der Waals surface area contributed by atoms with E-state index in [0.717, 1.165) is 42.9 Å². The summed E-state index contributed by atoms with van der Waals surface area (Å²) < 4.78 is 19.5. The zero-order valence-corrected chi connectivity index (χ0v) is 16.0. The maximum Gasteiger partial charge on any atom is 0.315 e. The van der Waals surface area contributed by atoms with Crippen LogP contribution in [0.1, 0.15) is 56.9 Å². The molecule has 6 heteroatoms. The number of urea groups is 1. The van der Waals surface area contributed by atoms with Crippen LogP contribution in [0.5, 0.6) is 0 Å². The van der Waals surface area contributed by atoms with Crippen LogP contribution in [0.4, 0.5) is 9.18 Å². The Morgan fingerprint density at radius 1 is 1.26 bits per heavy atom. The fourth-order valence-electron chi connectivity index (χ4n) is 3.81. The van der Waals surface area contributed by atoms with E-state index in [2.05, 4.69) is 10.6 Å². The van der Waals surface area contributed by atoms with Crippen molar-refractivity contribution in [3.8, 4) is 0 Å². The molecule has 1 saturated carbocycles. The number of furan rings is 1. The van der Waals surface area contributed by atoms with Crippen molar-refractivity contribution >= 4 is 23.3 Å². The molecular weight excluding hydrogens is 347 g/mol. The predicted octanol–water partition coefficient (Wildman–Crippen LogP) is 4.63. The Bertz CT molecular complexity index is 822. The van der Waals surface area contributed by atoms with Crippen molar-refractivity contribution in [3.05, 3.63) is 35.3 Å². The molecule has 2 N–H and O–H groups in total. The van der Waals surface area contributed by atoms with Gasteiger partial charge in [0.05, 0.1) is 6.04 Å². The molecule has 1 fully saturated rings. The van der Waals surface area contributed by atoms with E-state index in [1.54, 1.807) is 6.07 Å². The van der Waals surface area contributed by atoms with Crippen LogP contribution >= 0.6 is 0 Å². The molecule has 0 radical (unpaired) electrons. The van der Waals surface area contributed by atoms with E-state index in [4.69, 9.17) is 4.42 Å². The monoisotopic (exact) mass is 374 g/mol. The fourth-order valence-corrected chi connectivity index (χ4v) is 3.81. The number of benzene rings is 1. The minimum atomic E-state index is -0.313.